The number of hydrazone groups is 1. The van der Waals surface area contributed by atoms with Crippen molar-refractivity contribution < 1.29 is 14.9 Å². The minimum atomic E-state index is -1.01. The van der Waals surface area contributed by atoms with Crippen LogP contribution >= 0.6 is 0 Å². The molecule has 2 aromatic heterocycles. The molecule has 1 unspecified atom stereocenters. The van der Waals surface area contributed by atoms with Crippen LogP contribution in [0.1, 0.15) is 18.1 Å². The average Bonchev–Trinajstić information content (AvgIpc) is 3.22. The molecule has 0 fully saturated rings. The Morgan fingerprint density at radius 1 is 1.14 bits per heavy atom. The Morgan fingerprint density at radius 2 is 1.89 bits per heavy atom. The van der Waals surface area contributed by atoms with E-state index in [4.69, 9.17) is 4.74 Å². The quantitative estimate of drug-likeness (QED) is 0.252. The van der Waals surface area contributed by atoms with Gasteiger partial charge >= 0.3 is 5.69 Å². The molecule has 1 atom stereocenters. The lowest BCUT2D eigenvalue weighted by Gasteiger charge is -2.15. The van der Waals surface area contributed by atoms with Crippen LogP contribution in [0.5, 0.6) is 11.5 Å². The third kappa shape index (κ3) is 4.86. The molecule has 0 radical (unpaired) electrons. The molecule has 4 aromatic rings. The Labute approximate surface area is 206 Å². The number of aryl methyl sites for hydroxylation is 2. The Bertz CT molecular complexity index is 1570. The van der Waals surface area contributed by atoms with E-state index in [0.29, 0.717) is 17.0 Å². The van der Waals surface area contributed by atoms with Gasteiger partial charge in [-0.15, -0.1) is 0 Å². The van der Waals surface area contributed by atoms with Gasteiger partial charge in [0.2, 0.25) is 5.95 Å². The Hall–Kier alpha value is -4.38. The number of phenolic OH excluding ortho intramolecular Hbond substituents is 1. The van der Waals surface area contributed by atoms with Gasteiger partial charge in [0.05, 0.1) is 12.3 Å². The third-order valence-corrected chi connectivity index (χ3v) is 5.79. The molecule has 0 aliphatic carbocycles. The molecular weight excluding hydrogens is 464 g/mol. The van der Waals surface area contributed by atoms with Gasteiger partial charge in [0.1, 0.15) is 24.2 Å². The Kier molecular flexibility index (Phi) is 6.93. The summed E-state index contributed by atoms with van der Waals surface area (Å²) in [6.45, 7) is 3.56. The summed E-state index contributed by atoms with van der Waals surface area (Å²) in [6, 6.07) is 14.2. The molecular formula is C25H28N6O5. The number of para-hydroxylation sites is 1. The second-order valence-corrected chi connectivity index (χ2v) is 8.53. The van der Waals surface area contributed by atoms with Crippen molar-refractivity contribution in [3.8, 4) is 11.5 Å². The summed E-state index contributed by atoms with van der Waals surface area (Å²) >= 11 is 0. The highest BCUT2D eigenvalue weighted by molar-refractivity contribution is 6.01. The van der Waals surface area contributed by atoms with Crippen LogP contribution in [0.15, 0.2) is 63.2 Å². The molecule has 36 heavy (non-hydrogen) atoms. The van der Waals surface area contributed by atoms with Crippen molar-refractivity contribution in [1.29, 1.82) is 0 Å². The number of ether oxygens (including phenoxy) is 1. The topological polar surface area (TPSA) is 136 Å². The molecule has 0 amide bonds. The van der Waals surface area contributed by atoms with E-state index in [-0.39, 0.29) is 36.0 Å². The monoisotopic (exact) mass is 492 g/mol. The molecule has 11 heteroatoms. The zero-order valence-corrected chi connectivity index (χ0v) is 20.5. The number of rotatable bonds is 8. The van der Waals surface area contributed by atoms with Gasteiger partial charge in [0.25, 0.3) is 5.56 Å². The van der Waals surface area contributed by atoms with Crippen molar-refractivity contribution in [2.24, 2.45) is 19.2 Å². The van der Waals surface area contributed by atoms with Crippen LogP contribution in [0.4, 0.5) is 5.95 Å². The summed E-state index contributed by atoms with van der Waals surface area (Å²) in [5.74, 6) is 0.825. The Morgan fingerprint density at radius 3 is 2.61 bits per heavy atom. The van der Waals surface area contributed by atoms with E-state index < -0.39 is 17.4 Å². The predicted molar refractivity (Wildman–Crippen MR) is 137 cm³/mol. The van der Waals surface area contributed by atoms with Gasteiger partial charge in [-0.05, 0) is 43.7 Å². The maximum Gasteiger partial charge on any atom is 0.332 e. The molecule has 0 bridgehead atoms. The van der Waals surface area contributed by atoms with Gasteiger partial charge < -0.3 is 19.5 Å². The molecule has 2 heterocycles. The molecule has 0 saturated heterocycles. The summed E-state index contributed by atoms with van der Waals surface area (Å²) < 4.78 is 9.43. The molecule has 2 aromatic carbocycles. The second kappa shape index (κ2) is 10.1. The number of fused-ring (bicyclic) bond motifs is 1. The number of phenols is 1. The maximum absolute atomic E-state index is 13.0. The number of hydrogen-bond donors (Lipinski definition) is 3. The van der Waals surface area contributed by atoms with Crippen LogP contribution in [-0.2, 0) is 20.6 Å². The molecule has 0 aliphatic rings. The number of benzene rings is 2. The van der Waals surface area contributed by atoms with E-state index >= 15 is 0 Å². The molecule has 188 valence electrons. The first kappa shape index (κ1) is 24.7. The van der Waals surface area contributed by atoms with E-state index in [1.54, 1.807) is 37.3 Å². The van der Waals surface area contributed by atoms with Gasteiger partial charge in [-0.25, -0.2) is 10.2 Å². The number of imidazole rings is 1. The summed E-state index contributed by atoms with van der Waals surface area (Å²) in [4.78, 5) is 29.9. The highest BCUT2D eigenvalue weighted by atomic mass is 16.5. The lowest BCUT2D eigenvalue weighted by molar-refractivity contribution is 0.0938. The lowest BCUT2D eigenvalue weighted by Crippen LogP contribution is -2.38. The normalized spacial score (nSPS) is 12.6. The SMILES string of the molecule is CC(=NNc1nc2c(c(=O)n(C)c(=O)n2C)n1CC(O)COc1cccc(C)c1)c1ccccc1O. The van der Waals surface area contributed by atoms with E-state index in [2.05, 4.69) is 15.5 Å². The number of nitrogens with zero attached hydrogens (tertiary/aromatic N) is 5. The van der Waals surface area contributed by atoms with Crippen LogP contribution in [0.3, 0.4) is 0 Å². The molecule has 0 saturated carbocycles. The van der Waals surface area contributed by atoms with Crippen molar-refractivity contribution >= 4 is 22.8 Å². The summed E-state index contributed by atoms with van der Waals surface area (Å²) in [6.07, 6.45) is -1.01. The van der Waals surface area contributed by atoms with Crippen molar-refractivity contribution in [3.63, 3.8) is 0 Å². The van der Waals surface area contributed by atoms with Crippen molar-refractivity contribution in [2.45, 2.75) is 26.5 Å². The molecule has 0 spiro atoms. The number of aliphatic hydroxyl groups excluding tert-OH is 1. The fourth-order valence-corrected chi connectivity index (χ4v) is 3.84. The highest BCUT2D eigenvalue weighted by Gasteiger charge is 2.21. The van der Waals surface area contributed by atoms with E-state index in [0.717, 1.165) is 10.1 Å². The van der Waals surface area contributed by atoms with Gasteiger partial charge in [0.15, 0.2) is 11.2 Å². The zero-order valence-electron chi connectivity index (χ0n) is 20.5. The van der Waals surface area contributed by atoms with E-state index in [1.807, 2.05) is 25.1 Å². The van der Waals surface area contributed by atoms with Crippen molar-refractivity contribution in [1.82, 2.24) is 18.7 Å². The molecule has 11 nitrogen and oxygen atoms in total. The zero-order chi connectivity index (χ0) is 26.0. The number of aromatic hydroxyl groups is 1. The van der Waals surface area contributed by atoms with Crippen LogP contribution in [0.25, 0.3) is 11.2 Å². The van der Waals surface area contributed by atoms with Gasteiger partial charge in [0, 0.05) is 19.7 Å². The fourth-order valence-electron chi connectivity index (χ4n) is 3.84. The summed E-state index contributed by atoms with van der Waals surface area (Å²) in [5, 5.41) is 25.2. The van der Waals surface area contributed by atoms with Crippen LogP contribution < -0.4 is 21.4 Å². The van der Waals surface area contributed by atoms with Crippen LogP contribution in [-0.4, -0.2) is 47.3 Å². The molecule has 4 rings (SSSR count). The average molecular weight is 493 g/mol. The fraction of sp³-hybridized carbons (Fsp3) is 0.280. The second-order valence-electron chi connectivity index (χ2n) is 8.53. The Balaban J connectivity index is 1.70. The number of aromatic nitrogens is 4. The molecule has 0 aliphatic heterocycles. The standard InChI is InChI=1S/C25H28N6O5/c1-15-8-7-9-18(12-15)36-14-17(32)13-31-21-22(29(3)25(35)30(4)23(21)34)26-24(31)28-27-16(2)19-10-5-6-11-20(19)33/h5-12,17,32-33H,13-14H2,1-4H3,(H,26,28). The maximum atomic E-state index is 13.0. The van der Waals surface area contributed by atoms with Gasteiger partial charge in [-0.2, -0.15) is 10.1 Å². The number of anilines is 1. The largest absolute Gasteiger partial charge is 0.507 e. The van der Waals surface area contributed by atoms with Gasteiger partial charge in [-0.3, -0.25) is 13.9 Å². The number of aliphatic hydroxyl groups is 1. The minimum absolute atomic E-state index is 0.0329. The predicted octanol–water partition coefficient (Wildman–Crippen LogP) is 1.72. The summed E-state index contributed by atoms with van der Waals surface area (Å²) in [5.41, 5.74) is 4.03. The number of nitrogens with one attached hydrogen (secondary N) is 1. The number of hydrogen-bond acceptors (Lipinski definition) is 8. The first-order chi connectivity index (χ1) is 17.2. The minimum Gasteiger partial charge on any atom is -0.507 e. The summed E-state index contributed by atoms with van der Waals surface area (Å²) in [7, 11) is 2.89. The van der Waals surface area contributed by atoms with E-state index in [1.165, 1.54) is 23.2 Å². The smallest absolute Gasteiger partial charge is 0.332 e. The third-order valence-electron chi connectivity index (χ3n) is 5.79. The van der Waals surface area contributed by atoms with Crippen LogP contribution in [0.2, 0.25) is 0 Å². The first-order valence-corrected chi connectivity index (χ1v) is 11.3. The lowest BCUT2D eigenvalue weighted by atomic mass is 10.1. The van der Waals surface area contributed by atoms with E-state index in [9.17, 15) is 19.8 Å². The van der Waals surface area contributed by atoms with Crippen LogP contribution in [0, 0.1) is 6.92 Å². The first-order valence-electron chi connectivity index (χ1n) is 11.3. The van der Waals surface area contributed by atoms with Gasteiger partial charge in [-0.1, -0.05) is 24.3 Å². The van der Waals surface area contributed by atoms with Crippen molar-refractivity contribution in [2.75, 3.05) is 12.0 Å². The molecule has 3 N–H and O–H groups in total. The highest BCUT2D eigenvalue weighted by Crippen LogP contribution is 2.20. The van der Waals surface area contributed by atoms with Crippen molar-refractivity contribution in [3.05, 3.63) is 80.5 Å².